The summed E-state index contributed by atoms with van der Waals surface area (Å²) in [7, 11) is 0. The van der Waals surface area contributed by atoms with Gasteiger partial charge >= 0.3 is 0 Å². The summed E-state index contributed by atoms with van der Waals surface area (Å²) in [5.74, 6) is -2.70. The number of H-pyrrole nitrogens is 1. The summed E-state index contributed by atoms with van der Waals surface area (Å²) in [6, 6.07) is 6.74. The molecule has 2 N–H and O–H groups in total. The first kappa shape index (κ1) is 14.5. The van der Waals surface area contributed by atoms with Crippen molar-refractivity contribution in [3.05, 3.63) is 52.7 Å². The van der Waals surface area contributed by atoms with Crippen molar-refractivity contribution in [2.75, 3.05) is 5.32 Å². The molecular weight excluding hydrogens is 284 g/mol. The number of nitrogens with zero attached hydrogens (tertiary/aromatic N) is 1. The fraction of sp³-hybridized carbons (Fsp3) is 0.214. The molecule has 0 unspecified atom stereocenters. The van der Waals surface area contributed by atoms with Gasteiger partial charge in [-0.15, -0.1) is 0 Å². The van der Waals surface area contributed by atoms with Crippen LogP contribution in [0.2, 0.25) is 5.02 Å². The molecule has 6 heteroatoms. The first-order chi connectivity index (χ1) is 9.27. The molecule has 1 aromatic carbocycles. The average molecular weight is 298 g/mol. The number of alkyl halides is 2. The van der Waals surface area contributed by atoms with Crippen LogP contribution in [0.5, 0.6) is 0 Å². The number of aromatic amines is 1. The zero-order valence-corrected chi connectivity index (χ0v) is 11.9. The molecule has 0 aliphatic heterocycles. The minimum absolute atomic E-state index is 0.261. The highest BCUT2D eigenvalue weighted by Crippen LogP contribution is 2.29. The molecule has 0 saturated carbocycles. The molecule has 1 aromatic heterocycles. The lowest BCUT2D eigenvalue weighted by Gasteiger charge is -2.10. The van der Waals surface area contributed by atoms with Crippen LogP contribution in [0.25, 0.3) is 5.70 Å². The molecule has 2 aromatic rings. The van der Waals surface area contributed by atoms with Gasteiger partial charge in [0.15, 0.2) is 5.82 Å². The lowest BCUT2D eigenvalue weighted by atomic mass is 10.1. The lowest BCUT2D eigenvalue weighted by Crippen LogP contribution is -2.07. The third-order valence-corrected chi connectivity index (χ3v) is 3.11. The smallest absolute Gasteiger partial charge is 0.286 e. The standard InChI is InChI=1S/C14H14ClF2N3/c1-8-4-5-11(15)10(6-8)9(2)18-13-7-12(19-20-13)14(3,16)17/h4-7H,2H2,1,3H3,(H2,18,19,20). The summed E-state index contributed by atoms with van der Waals surface area (Å²) in [5.41, 5.74) is 1.97. The van der Waals surface area contributed by atoms with Crippen molar-refractivity contribution in [1.29, 1.82) is 0 Å². The van der Waals surface area contributed by atoms with Gasteiger partial charge in [-0.1, -0.05) is 29.8 Å². The molecule has 0 spiro atoms. The quantitative estimate of drug-likeness (QED) is 0.868. The second kappa shape index (κ2) is 5.25. The Labute approximate surface area is 120 Å². The molecule has 0 atom stereocenters. The molecule has 106 valence electrons. The zero-order chi connectivity index (χ0) is 14.9. The van der Waals surface area contributed by atoms with E-state index in [2.05, 4.69) is 22.1 Å². The van der Waals surface area contributed by atoms with Crippen molar-refractivity contribution in [2.45, 2.75) is 19.8 Å². The van der Waals surface area contributed by atoms with Crippen molar-refractivity contribution in [3.8, 4) is 0 Å². The highest BCUT2D eigenvalue weighted by Gasteiger charge is 2.27. The van der Waals surface area contributed by atoms with E-state index in [1.165, 1.54) is 6.07 Å². The molecule has 0 fully saturated rings. The Morgan fingerprint density at radius 1 is 1.40 bits per heavy atom. The monoisotopic (exact) mass is 297 g/mol. The van der Waals surface area contributed by atoms with Crippen LogP contribution in [-0.4, -0.2) is 10.2 Å². The molecule has 0 bridgehead atoms. The van der Waals surface area contributed by atoms with E-state index in [0.29, 0.717) is 16.3 Å². The van der Waals surface area contributed by atoms with Gasteiger partial charge in [0, 0.05) is 29.3 Å². The molecule has 0 aliphatic carbocycles. The Balaban J connectivity index is 2.20. The van der Waals surface area contributed by atoms with Crippen molar-refractivity contribution in [2.24, 2.45) is 0 Å². The Bertz CT molecular complexity index is 644. The number of benzene rings is 1. The maximum Gasteiger partial charge on any atom is 0.286 e. The summed E-state index contributed by atoms with van der Waals surface area (Å²) < 4.78 is 26.2. The SMILES string of the molecule is C=C(Nc1cc(C(C)(F)F)[nH]n1)c1cc(C)ccc1Cl. The van der Waals surface area contributed by atoms with Crippen molar-refractivity contribution in [3.63, 3.8) is 0 Å². The second-order valence-corrected chi connectivity index (χ2v) is 5.05. The van der Waals surface area contributed by atoms with Crippen molar-refractivity contribution in [1.82, 2.24) is 10.2 Å². The van der Waals surface area contributed by atoms with Crippen LogP contribution in [0.15, 0.2) is 30.8 Å². The topological polar surface area (TPSA) is 40.7 Å². The number of hydrogen-bond donors (Lipinski definition) is 2. The average Bonchev–Trinajstić information content (AvgIpc) is 2.80. The number of aromatic nitrogens is 2. The number of nitrogens with one attached hydrogen (secondary N) is 2. The third-order valence-electron chi connectivity index (χ3n) is 2.78. The molecule has 2 rings (SSSR count). The number of rotatable bonds is 4. The van der Waals surface area contributed by atoms with Gasteiger partial charge in [-0.2, -0.15) is 13.9 Å². The van der Waals surface area contributed by atoms with E-state index in [1.807, 2.05) is 19.1 Å². The van der Waals surface area contributed by atoms with Crippen molar-refractivity contribution >= 4 is 23.1 Å². The summed E-state index contributed by atoms with van der Waals surface area (Å²) in [5, 5.41) is 9.47. The van der Waals surface area contributed by atoms with E-state index in [-0.39, 0.29) is 11.5 Å². The van der Waals surface area contributed by atoms with Crippen LogP contribution < -0.4 is 5.32 Å². The summed E-state index contributed by atoms with van der Waals surface area (Å²) in [4.78, 5) is 0. The minimum Gasteiger partial charge on any atom is -0.339 e. The van der Waals surface area contributed by atoms with E-state index in [0.717, 1.165) is 12.5 Å². The van der Waals surface area contributed by atoms with Gasteiger partial charge in [0.05, 0.1) is 0 Å². The molecule has 0 amide bonds. The van der Waals surface area contributed by atoms with Crippen LogP contribution in [0.4, 0.5) is 14.6 Å². The van der Waals surface area contributed by atoms with E-state index >= 15 is 0 Å². The van der Waals surface area contributed by atoms with Crippen LogP contribution in [0, 0.1) is 6.92 Å². The molecule has 0 radical (unpaired) electrons. The maximum absolute atomic E-state index is 13.1. The number of halogens is 3. The predicted octanol–water partition coefficient (Wildman–Crippen LogP) is 4.57. The van der Waals surface area contributed by atoms with Crippen molar-refractivity contribution < 1.29 is 8.78 Å². The normalized spacial score (nSPS) is 11.4. The molecule has 1 heterocycles. The predicted molar refractivity (Wildman–Crippen MR) is 77.0 cm³/mol. The van der Waals surface area contributed by atoms with Gasteiger partial charge in [0.2, 0.25) is 0 Å². The third kappa shape index (κ3) is 3.17. The van der Waals surface area contributed by atoms with E-state index in [4.69, 9.17) is 11.6 Å². The fourth-order valence-electron chi connectivity index (χ4n) is 1.70. The lowest BCUT2D eigenvalue weighted by molar-refractivity contribution is 0.0127. The summed E-state index contributed by atoms with van der Waals surface area (Å²) in [6.07, 6.45) is 0. The first-order valence-corrected chi connectivity index (χ1v) is 6.31. The number of aryl methyl sites for hydroxylation is 1. The molecule has 0 saturated heterocycles. The van der Waals surface area contributed by atoms with E-state index in [9.17, 15) is 8.78 Å². The largest absolute Gasteiger partial charge is 0.339 e. The Kier molecular flexibility index (Phi) is 3.81. The summed E-state index contributed by atoms with van der Waals surface area (Å²) in [6.45, 7) is 6.59. The van der Waals surface area contributed by atoms with Crippen LogP contribution in [0.1, 0.15) is 23.7 Å². The van der Waals surface area contributed by atoms with Gasteiger partial charge in [-0.3, -0.25) is 5.10 Å². The van der Waals surface area contributed by atoms with Gasteiger partial charge in [-0.05, 0) is 19.1 Å². The van der Waals surface area contributed by atoms with Crippen LogP contribution in [-0.2, 0) is 5.92 Å². The van der Waals surface area contributed by atoms with Gasteiger partial charge < -0.3 is 5.32 Å². The van der Waals surface area contributed by atoms with Gasteiger partial charge in [-0.25, -0.2) is 0 Å². The fourth-order valence-corrected chi connectivity index (χ4v) is 1.93. The van der Waals surface area contributed by atoms with Crippen LogP contribution >= 0.6 is 11.6 Å². The Morgan fingerprint density at radius 2 is 2.10 bits per heavy atom. The maximum atomic E-state index is 13.1. The molecule has 3 nitrogen and oxygen atoms in total. The zero-order valence-electron chi connectivity index (χ0n) is 11.1. The molecular formula is C14H14ClF2N3. The van der Waals surface area contributed by atoms with Gasteiger partial charge in [0.1, 0.15) is 5.69 Å². The van der Waals surface area contributed by atoms with E-state index < -0.39 is 5.92 Å². The number of hydrogen-bond acceptors (Lipinski definition) is 2. The second-order valence-electron chi connectivity index (χ2n) is 4.64. The highest BCUT2D eigenvalue weighted by atomic mass is 35.5. The minimum atomic E-state index is -2.96. The van der Waals surface area contributed by atoms with Crippen LogP contribution in [0.3, 0.4) is 0 Å². The van der Waals surface area contributed by atoms with Gasteiger partial charge in [0.25, 0.3) is 5.92 Å². The Hall–Kier alpha value is -1.88. The molecule has 20 heavy (non-hydrogen) atoms. The highest BCUT2D eigenvalue weighted by molar-refractivity contribution is 6.32. The Morgan fingerprint density at radius 3 is 2.70 bits per heavy atom. The van der Waals surface area contributed by atoms with E-state index in [1.54, 1.807) is 6.07 Å². The first-order valence-electron chi connectivity index (χ1n) is 5.93. The number of anilines is 1. The summed E-state index contributed by atoms with van der Waals surface area (Å²) >= 11 is 6.09. The molecule has 0 aliphatic rings.